The Labute approximate surface area is 169 Å². The number of hydrogen-bond acceptors (Lipinski definition) is 6. The number of aryl methyl sites for hydroxylation is 1. The van der Waals surface area contributed by atoms with Crippen LogP contribution in [0.25, 0.3) is 11.3 Å². The lowest BCUT2D eigenvalue weighted by Gasteiger charge is -2.18. The van der Waals surface area contributed by atoms with E-state index in [1.54, 1.807) is 23.1 Å². The van der Waals surface area contributed by atoms with Gasteiger partial charge < -0.3 is 10.2 Å². The van der Waals surface area contributed by atoms with Crippen LogP contribution in [-0.4, -0.2) is 49.8 Å². The van der Waals surface area contributed by atoms with Crippen molar-refractivity contribution in [3.63, 3.8) is 0 Å². The fourth-order valence-corrected chi connectivity index (χ4v) is 3.35. The number of amides is 1. The predicted molar refractivity (Wildman–Crippen MR) is 102 cm³/mol. The molecule has 1 N–H and O–H groups in total. The lowest BCUT2D eigenvalue weighted by atomic mass is 10.1. The van der Waals surface area contributed by atoms with Crippen LogP contribution in [0.2, 0.25) is 0 Å². The maximum Gasteiger partial charge on any atom is 0.434 e. The van der Waals surface area contributed by atoms with Crippen LogP contribution in [0.15, 0.2) is 43.0 Å². The van der Waals surface area contributed by atoms with Crippen LogP contribution in [0.1, 0.15) is 22.5 Å². The van der Waals surface area contributed by atoms with Crippen LogP contribution < -0.4 is 10.2 Å². The zero-order valence-electron chi connectivity index (χ0n) is 16.0. The Morgan fingerprint density at radius 1 is 1.23 bits per heavy atom. The molecule has 4 heterocycles. The Hall–Kier alpha value is -3.50. The number of pyridine rings is 1. The van der Waals surface area contributed by atoms with Gasteiger partial charge in [-0.2, -0.15) is 18.3 Å². The van der Waals surface area contributed by atoms with Crippen LogP contribution in [0.5, 0.6) is 0 Å². The minimum atomic E-state index is -4.70. The molecule has 1 unspecified atom stereocenters. The molecule has 3 aromatic heterocycles. The molecule has 3 aromatic rings. The molecular weight excluding hydrogens is 399 g/mol. The Morgan fingerprint density at radius 3 is 2.80 bits per heavy atom. The molecular formula is C19H18F3N7O. The van der Waals surface area contributed by atoms with Gasteiger partial charge in [0.1, 0.15) is 0 Å². The summed E-state index contributed by atoms with van der Waals surface area (Å²) < 4.78 is 41.0. The van der Waals surface area contributed by atoms with Crippen molar-refractivity contribution < 1.29 is 18.0 Å². The van der Waals surface area contributed by atoms with Crippen LogP contribution in [-0.2, 0) is 13.2 Å². The van der Waals surface area contributed by atoms with E-state index in [9.17, 15) is 18.0 Å². The molecule has 0 saturated carbocycles. The van der Waals surface area contributed by atoms with Gasteiger partial charge >= 0.3 is 6.18 Å². The van der Waals surface area contributed by atoms with Crippen molar-refractivity contribution in [3.05, 3.63) is 54.2 Å². The van der Waals surface area contributed by atoms with E-state index < -0.39 is 23.3 Å². The normalized spacial score (nSPS) is 16.7. The van der Waals surface area contributed by atoms with Crippen molar-refractivity contribution in [1.82, 2.24) is 30.0 Å². The molecule has 0 aliphatic carbocycles. The number of carbonyl (C=O) groups is 1. The third-order valence-electron chi connectivity index (χ3n) is 4.77. The average molecular weight is 417 g/mol. The first-order chi connectivity index (χ1) is 14.3. The van der Waals surface area contributed by atoms with Crippen molar-refractivity contribution in [1.29, 1.82) is 0 Å². The summed E-state index contributed by atoms with van der Waals surface area (Å²) in [6.45, 7) is 0.963. The molecule has 1 atom stereocenters. The summed E-state index contributed by atoms with van der Waals surface area (Å²) in [6, 6.07) is 3.88. The van der Waals surface area contributed by atoms with Gasteiger partial charge in [-0.25, -0.2) is 9.97 Å². The van der Waals surface area contributed by atoms with Gasteiger partial charge in [0.2, 0.25) is 5.95 Å². The van der Waals surface area contributed by atoms with Gasteiger partial charge in [0.15, 0.2) is 5.69 Å². The van der Waals surface area contributed by atoms with Crippen molar-refractivity contribution in [2.24, 2.45) is 7.05 Å². The van der Waals surface area contributed by atoms with Crippen molar-refractivity contribution in [3.8, 4) is 11.3 Å². The molecule has 1 saturated heterocycles. The third kappa shape index (κ3) is 4.09. The summed E-state index contributed by atoms with van der Waals surface area (Å²) in [5, 5.41) is 6.80. The number of hydrogen-bond donors (Lipinski definition) is 1. The summed E-state index contributed by atoms with van der Waals surface area (Å²) in [5.74, 6) is -0.308. The molecule has 156 valence electrons. The summed E-state index contributed by atoms with van der Waals surface area (Å²) in [7, 11) is 1.81. The van der Waals surface area contributed by atoms with Gasteiger partial charge in [0.05, 0.1) is 17.5 Å². The van der Waals surface area contributed by atoms with Crippen molar-refractivity contribution in [2.45, 2.75) is 18.6 Å². The number of halogens is 3. The van der Waals surface area contributed by atoms with E-state index in [1.807, 2.05) is 18.1 Å². The monoisotopic (exact) mass is 417 g/mol. The molecule has 0 spiro atoms. The molecule has 1 fully saturated rings. The highest BCUT2D eigenvalue weighted by Gasteiger charge is 2.37. The minimum Gasteiger partial charge on any atom is -0.347 e. The van der Waals surface area contributed by atoms with Crippen LogP contribution >= 0.6 is 0 Å². The molecule has 11 heteroatoms. The van der Waals surface area contributed by atoms with Crippen LogP contribution in [0, 0.1) is 0 Å². The Balaban J connectivity index is 1.45. The van der Waals surface area contributed by atoms with E-state index in [1.165, 1.54) is 6.07 Å². The van der Waals surface area contributed by atoms with E-state index in [-0.39, 0.29) is 6.04 Å². The molecule has 0 aromatic carbocycles. The fraction of sp³-hybridized carbons (Fsp3) is 0.316. The third-order valence-corrected chi connectivity index (χ3v) is 4.77. The molecule has 30 heavy (non-hydrogen) atoms. The van der Waals surface area contributed by atoms with Gasteiger partial charge in [-0.05, 0) is 24.6 Å². The number of nitrogens with zero attached hydrogens (tertiary/aromatic N) is 6. The molecule has 8 nitrogen and oxygen atoms in total. The van der Waals surface area contributed by atoms with Gasteiger partial charge in [-0.3, -0.25) is 14.5 Å². The first-order valence-electron chi connectivity index (χ1n) is 9.21. The predicted octanol–water partition coefficient (Wildman–Crippen LogP) is 2.30. The largest absolute Gasteiger partial charge is 0.434 e. The van der Waals surface area contributed by atoms with Crippen molar-refractivity contribution in [2.75, 3.05) is 18.0 Å². The summed E-state index contributed by atoms with van der Waals surface area (Å²) >= 11 is 0. The summed E-state index contributed by atoms with van der Waals surface area (Å²) in [5.41, 5.74) is -0.115. The highest BCUT2D eigenvalue weighted by molar-refractivity contribution is 5.95. The number of aromatic nitrogens is 5. The lowest BCUT2D eigenvalue weighted by Crippen LogP contribution is -2.38. The Morgan fingerprint density at radius 2 is 2.07 bits per heavy atom. The van der Waals surface area contributed by atoms with Gasteiger partial charge in [-0.1, -0.05) is 0 Å². The number of nitrogens with one attached hydrogen (secondary N) is 1. The highest BCUT2D eigenvalue weighted by atomic mass is 19.4. The maximum absolute atomic E-state index is 13.1. The second-order valence-corrected chi connectivity index (χ2v) is 6.95. The second kappa shape index (κ2) is 7.73. The Bertz CT molecular complexity index is 1070. The molecule has 1 amide bonds. The van der Waals surface area contributed by atoms with Crippen LogP contribution in [0.4, 0.5) is 19.1 Å². The maximum atomic E-state index is 13.1. The molecule has 0 radical (unpaired) electrons. The van der Waals surface area contributed by atoms with Gasteiger partial charge in [-0.15, -0.1) is 0 Å². The first kappa shape index (κ1) is 19.8. The molecule has 1 aliphatic rings. The van der Waals surface area contributed by atoms with Crippen LogP contribution in [0.3, 0.4) is 0 Å². The first-order valence-corrected chi connectivity index (χ1v) is 9.21. The molecule has 0 bridgehead atoms. The van der Waals surface area contributed by atoms with E-state index in [0.29, 0.717) is 31.2 Å². The second-order valence-electron chi connectivity index (χ2n) is 6.95. The zero-order valence-corrected chi connectivity index (χ0v) is 16.0. The SMILES string of the molecule is Cn1cc(-c2ccnc(N3CCC(NC(=O)c4cccnc4C(F)(F)F)C3)n2)cn1. The summed E-state index contributed by atoms with van der Waals surface area (Å²) in [6.07, 6.45) is 2.06. The van der Waals surface area contributed by atoms with Crippen molar-refractivity contribution >= 4 is 11.9 Å². The fourth-order valence-electron chi connectivity index (χ4n) is 3.35. The summed E-state index contributed by atoms with van der Waals surface area (Å²) in [4.78, 5) is 26.5. The number of anilines is 1. The highest BCUT2D eigenvalue weighted by Crippen LogP contribution is 2.30. The minimum absolute atomic E-state index is 0.329. The number of carbonyl (C=O) groups excluding carboxylic acids is 1. The van der Waals surface area contributed by atoms with Gasteiger partial charge in [0, 0.05) is 50.3 Å². The van der Waals surface area contributed by atoms with E-state index in [2.05, 4.69) is 25.4 Å². The standard InChI is InChI=1S/C19H18F3N7O/c1-28-10-12(9-25-28)15-4-7-24-18(27-15)29-8-5-13(11-29)26-17(30)14-3-2-6-23-16(14)19(20,21)22/h2-4,6-7,9-10,13H,5,8,11H2,1H3,(H,26,30). The molecule has 1 aliphatic heterocycles. The van der Waals surface area contributed by atoms with Gasteiger partial charge in [0.25, 0.3) is 5.91 Å². The number of rotatable bonds is 4. The zero-order chi connectivity index (χ0) is 21.3. The quantitative estimate of drug-likeness (QED) is 0.701. The smallest absolute Gasteiger partial charge is 0.347 e. The average Bonchev–Trinajstić information content (AvgIpc) is 3.36. The molecule has 4 rings (SSSR count). The van der Waals surface area contributed by atoms with E-state index in [0.717, 1.165) is 17.8 Å². The van der Waals surface area contributed by atoms with E-state index >= 15 is 0 Å². The number of alkyl halides is 3. The topological polar surface area (TPSA) is 88.8 Å². The lowest BCUT2D eigenvalue weighted by molar-refractivity contribution is -0.141. The Kier molecular flexibility index (Phi) is 5.10. The van der Waals surface area contributed by atoms with E-state index in [4.69, 9.17) is 0 Å².